The van der Waals surface area contributed by atoms with Gasteiger partial charge in [-0.05, 0) is 30.7 Å². The Hall–Kier alpha value is -2.43. The third-order valence-electron chi connectivity index (χ3n) is 2.49. The average Bonchev–Trinajstić information content (AvgIpc) is 2.46. The molecule has 0 aliphatic carbocycles. The molecular formula is C14H14N2O3. The number of benzene rings is 1. The van der Waals surface area contributed by atoms with E-state index in [1.54, 1.807) is 0 Å². The van der Waals surface area contributed by atoms with E-state index in [0.29, 0.717) is 12.3 Å². The van der Waals surface area contributed by atoms with E-state index >= 15 is 0 Å². The van der Waals surface area contributed by atoms with Gasteiger partial charge >= 0.3 is 5.97 Å². The average molecular weight is 258 g/mol. The predicted molar refractivity (Wildman–Crippen MR) is 70.2 cm³/mol. The Kier molecular flexibility index (Phi) is 4.07. The van der Waals surface area contributed by atoms with Crippen LogP contribution in [-0.4, -0.2) is 27.7 Å². The van der Waals surface area contributed by atoms with Gasteiger partial charge in [0.05, 0.1) is 24.7 Å². The second-order valence-electron chi connectivity index (χ2n) is 3.96. The van der Waals surface area contributed by atoms with Gasteiger partial charge in [-0.2, -0.15) is 0 Å². The molecule has 0 aliphatic heterocycles. The molecule has 19 heavy (non-hydrogen) atoms. The molecule has 2 aromatic rings. The fourth-order valence-electron chi connectivity index (χ4n) is 1.53. The zero-order valence-electron chi connectivity index (χ0n) is 10.5. The summed E-state index contributed by atoms with van der Waals surface area (Å²) in [6.07, 6.45) is 3.66. The van der Waals surface area contributed by atoms with Crippen LogP contribution in [0, 0.1) is 0 Å². The fraction of sp³-hybridized carbons (Fsp3) is 0.214. The van der Waals surface area contributed by atoms with Gasteiger partial charge in [-0.1, -0.05) is 6.92 Å². The summed E-state index contributed by atoms with van der Waals surface area (Å²) in [5, 5.41) is 8.75. The Labute approximate surface area is 110 Å². The maximum absolute atomic E-state index is 10.7. The third kappa shape index (κ3) is 3.28. The normalized spacial score (nSPS) is 10.2. The van der Waals surface area contributed by atoms with Crippen LogP contribution < -0.4 is 4.74 Å². The molecule has 0 fully saturated rings. The third-order valence-corrected chi connectivity index (χ3v) is 2.49. The molecule has 0 amide bonds. The highest BCUT2D eigenvalue weighted by Crippen LogP contribution is 2.20. The van der Waals surface area contributed by atoms with Crippen molar-refractivity contribution in [3.8, 4) is 17.0 Å². The number of nitrogens with zero attached hydrogens (tertiary/aromatic N) is 2. The largest absolute Gasteiger partial charge is 0.494 e. The van der Waals surface area contributed by atoms with Gasteiger partial charge < -0.3 is 9.84 Å². The van der Waals surface area contributed by atoms with E-state index in [9.17, 15) is 4.79 Å². The molecule has 1 N–H and O–H groups in total. The monoisotopic (exact) mass is 258 g/mol. The first-order chi connectivity index (χ1) is 9.20. The van der Waals surface area contributed by atoms with Gasteiger partial charge in [0, 0.05) is 5.56 Å². The summed E-state index contributed by atoms with van der Waals surface area (Å²) in [7, 11) is 0. The molecule has 0 saturated heterocycles. The summed E-state index contributed by atoms with van der Waals surface area (Å²) in [5.74, 6) is -0.275. The van der Waals surface area contributed by atoms with Crippen LogP contribution >= 0.6 is 0 Å². The Morgan fingerprint density at radius 3 is 2.47 bits per heavy atom. The Morgan fingerprint density at radius 2 is 1.95 bits per heavy atom. The van der Waals surface area contributed by atoms with Gasteiger partial charge in [0.15, 0.2) is 5.69 Å². The van der Waals surface area contributed by atoms with Crippen LogP contribution in [0.4, 0.5) is 0 Å². The van der Waals surface area contributed by atoms with Gasteiger partial charge in [-0.25, -0.2) is 9.78 Å². The number of aromatic nitrogens is 2. The van der Waals surface area contributed by atoms with Crippen molar-refractivity contribution < 1.29 is 14.6 Å². The topological polar surface area (TPSA) is 72.3 Å². The van der Waals surface area contributed by atoms with Crippen LogP contribution in [0.1, 0.15) is 23.8 Å². The zero-order valence-corrected chi connectivity index (χ0v) is 10.5. The smallest absolute Gasteiger partial charge is 0.356 e. The molecule has 0 spiro atoms. The number of carbonyl (C=O) groups is 1. The van der Waals surface area contributed by atoms with Crippen LogP contribution in [0.15, 0.2) is 36.7 Å². The molecule has 2 rings (SSSR count). The van der Waals surface area contributed by atoms with Crippen LogP contribution in [0.25, 0.3) is 11.3 Å². The lowest BCUT2D eigenvalue weighted by Gasteiger charge is -2.05. The first-order valence-electron chi connectivity index (χ1n) is 5.99. The van der Waals surface area contributed by atoms with Gasteiger partial charge in [0.2, 0.25) is 0 Å². The Balaban J connectivity index is 2.15. The number of carboxylic acids is 1. The number of carboxylic acid groups (broad SMARTS) is 1. The van der Waals surface area contributed by atoms with Crippen molar-refractivity contribution in [2.75, 3.05) is 6.61 Å². The van der Waals surface area contributed by atoms with Crippen molar-refractivity contribution >= 4 is 5.97 Å². The van der Waals surface area contributed by atoms with Crippen molar-refractivity contribution in [2.45, 2.75) is 13.3 Å². The molecule has 1 heterocycles. The van der Waals surface area contributed by atoms with Gasteiger partial charge in [0.25, 0.3) is 0 Å². The molecule has 0 radical (unpaired) electrons. The molecule has 5 heteroatoms. The van der Waals surface area contributed by atoms with E-state index in [1.807, 2.05) is 31.2 Å². The number of hydrogen-bond acceptors (Lipinski definition) is 4. The number of rotatable bonds is 5. The maximum atomic E-state index is 10.7. The van der Waals surface area contributed by atoms with Crippen LogP contribution in [-0.2, 0) is 0 Å². The standard InChI is InChI=1S/C14H14N2O3/c1-2-7-19-11-5-3-10(4-6-11)12-8-16-13(9-15-12)14(17)18/h3-6,8-9H,2,7H2,1H3,(H,17,18). The first kappa shape index (κ1) is 13.0. The number of ether oxygens (including phenoxy) is 1. The van der Waals surface area contributed by atoms with Gasteiger partial charge in [-0.15, -0.1) is 0 Å². The van der Waals surface area contributed by atoms with E-state index in [4.69, 9.17) is 9.84 Å². The SMILES string of the molecule is CCCOc1ccc(-c2cnc(C(=O)O)cn2)cc1. The molecule has 0 bridgehead atoms. The second-order valence-corrected chi connectivity index (χ2v) is 3.96. The minimum atomic E-state index is -1.08. The van der Waals surface area contributed by atoms with Crippen molar-refractivity contribution in [3.63, 3.8) is 0 Å². The van der Waals surface area contributed by atoms with Crippen molar-refractivity contribution in [1.29, 1.82) is 0 Å². The Morgan fingerprint density at radius 1 is 1.21 bits per heavy atom. The number of aromatic carboxylic acids is 1. The van der Waals surface area contributed by atoms with E-state index < -0.39 is 5.97 Å². The summed E-state index contributed by atoms with van der Waals surface area (Å²) in [4.78, 5) is 18.6. The van der Waals surface area contributed by atoms with Crippen LogP contribution in [0.3, 0.4) is 0 Å². The lowest BCUT2D eigenvalue weighted by molar-refractivity contribution is 0.0690. The van der Waals surface area contributed by atoms with E-state index in [0.717, 1.165) is 17.7 Å². The highest BCUT2D eigenvalue weighted by atomic mass is 16.5. The quantitative estimate of drug-likeness (QED) is 0.892. The number of hydrogen-bond donors (Lipinski definition) is 1. The molecule has 0 unspecified atom stereocenters. The summed E-state index contributed by atoms with van der Waals surface area (Å²) in [6, 6.07) is 7.46. The molecule has 0 aliphatic rings. The lowest BCUT2D eigenvalue weighted by atomic mass is 10.1. The van der Waals surface area contributed by atoms with Crippen LogP contribution in [0.2, 0.25) is 0 Å². The highest BCUT2D eigenvalue weighted by molar-refractivity contribution is 5.85. The maximum Gasteiger partial charge on any atom is 0.356 e. The second kappa shape index (κ2) is 5.95. The first-order valence-corrected chi connectivity index (χ1v) is 5.99. The molecule has 98 valence electrons. The lowest BCUT2D eigenvalue weighted by Crippen LogP contribution is -2.01. The van der Waals surface area contributed by atoms with E-state index in [1.165, 1.54) is 12.4 Å². The fourth-order valence-corrected chi connectivity index (χ4v) is 1.53. The molecule has 5 nitrogen and oxygen atoms in total. The van der Waals surface area contributed by atoms with Gasteiger partial charge in [-0.3, -0.25) is 4.98 Å². The summed E-state index contributed by atoms with van der Waals surface area (Å²) in [6.45, 7) is 2.74. The van der Waals surface area contributed by atoms with Crippen molar-refractivity contribution in [2.24, 2.45) is 0 Å². The zero-order chi connectivity index (χ0) is 13.7. The van der Waals surface area contributed by atoms with Gasteiger partial charge in [0.1, 0.15) is 5.75 Å². The van der Waals surface area contributed by atoms with Crippen LogP contribution in [0.5, 0.6) is 5.75 Å². The van der Waals surface area contributed by atoms with E-state index in [-0.39, 0.29) is 5.69 Å². The molecule has 1 aromatic carbocycles. The van der Waals surface area contributed by atoms with Crippen molar-refractivity contribution in [1.82, 2.24) is 9.97 Å². The minimum absolute atomic E-state index is 0.0633. The van der Waals surface area contributed by atoms with E-state index in [2.05, 4.69) is 9.97 Å². The molecule has 1 aromatic heterocycles. The van der Waals surface area contributed by atoms with Crippen molar-refractivity contribution in [3.05, 3.63) is 42.4 Å². The predicted octanol–water partition coefficient (Wildman–Crippen LogP) is 2.63. The minimum Gasteiger partial charge on any atom is -0.494 e. The summed E-state index contributed by atoms with van der Waals surface area (Å²) >= 11 is 0. The summed E-state index contributed by atoms with van der Waals surface area (Å²) in [5.41, 5.74) is 1.44. The molecular weight excluding hydrogens is 244 g/mol. The Bertz CT molecular complexity index is 550. The summed E-state index contributed by atoms with van der Waals surface area (Å²) < 4.78 is 5.48. The molecule has 0 atom stereocenters. The highest BCUT2D eigenvalue weighted by Gasteiger charge is 2.06. The molecule has 0 saturated carbocycles.